The van der Waals surface area contributed by atoms with Gasteiger partial charge in [-0.25, -0.2) is 0 Å². The molecule has 2 aromatic carbocycles. The van der Waals surface area contributed by atoms with Gasteiger partial charge in [-0.15, -0.1) is 0 Å². The number of ether oxygens (including phenoxy) is 1. The molecular weight excluding hydrogens is 480 g/mol. The van der Waals surface area contributed by atoms with Gasteiger partial charge in [0.15, 0.2) is 11.5 Å². The van der Waals surface area contributed by atoms with Crippen LogP contribution in [-0.4, -0.2) is 57.6 Å². The number of hydrogen-bond acceptors (Lipinski definition) is 5. The van der Waals surface area contributed by atoms with Gasteiger partial charge in [-0.2, -0.15) is 0 Å². The maximum atomic E-state index is 14.3. The molecule has 1 saturated heterocycles. The summed E-state index contributed by atoms with van der Waals surface area (Å²) >= 11 is 0. The first-order chi connectivity index (χ1) is 18.0. The molecule has 7 rings (SSSR count). The Morgan fingerprint density at radius 1 is 1.13 bits per heavy atom. The van der Waals surface area contributed by atoms with Gasteiger partial charge in [0.05, 0.1) is 24.5 Å². The van der Waals surface area contributed by atoms with Crippen LogP contribution in [0.3, 0.4) is 0 Å². The smallest absolute Gasteiger partial charge is 0.251 e. The van der Waals surface area contributed by atoms with E-state index in [9.17, 15) is 20.2 Å². The summed E-state index contributed by atoms with van der Waals surface area (Å²) in [6.45, 7) is 7.42. The summed E-state index contributed by atoms with van der Waals surface area (Å²) in [5.74, 6) is 0.765. The normalized spacial score (nSPS) is 36.8. The highest BCUT2D eigenvalue weighted by Gasteiger charge is 2.76. The number of phenolic OH excluding ortho intramolecular Hbond substituents is 1. The van der Waals surface area contributed by atoms with Gasteiger partial charge in [-0.3, -0.25) is 4.79 Å². The van der Waals surface area contributed by atoms with Crippen molar-refractivity contribution in [3.05, 3.63) is 63.9 Å². The molecule has 7 heteroatoms. The highest BCUT2D eigenvalue weighted by atomic mass is 16.6. The van der Waals surface area contributed by atoms with E-state index < -0.39 is 23.2 Å². The van der Waals surface area contributed by atoms with Gasteiger partial charge in [0.2, 0.25) is 0 Å². The van der Waals surface area contributed by atoms with Crippen LogP contribution in [0.15, 0.2) is 36.4 Å². The monoisotopic (exact) mass is 518 g/mol. The van der Waals surface area contributed by atoms with Crippen LogP contribution in [0.1, 0.15) is 79.9 Å². The molecule has 0 aromatic heterocycles. The summed E-state index contributed by atoms with van der Waals surface area (Å²) < 4.78 is 6.17. The lowest BCUT2D eigenvalue weighted by molar-refractivity contribution is -0.924. The predicted molar refractivity (Wildman–Crippen MR) is 143 cm³/mol. The third kappa shape index (κ3) is 3.21. The lowest BCUT2D eigenvalue weighted by Crippen LogP contribution is -2.81. The SMILES string of the molecule is CC(C)(C)c1ccc(C(=O)N[C@@H]2CC[C@@]3(O)[C@H]4Cc5ccc(O)c6c5[C@@]3(CC[N+]4([O-])CC3CC3)[C@H]2O6)cc1. The number of amides is 1. The third-order valence-electron chi connectivity index (χ3n) is 10.4. The molecule has 2 heterocycles. The Balaban J connectivity index is 1.25. The predicted octanol–water partition coefficient (Wildman–Crippen LogP) is 4.07. The second-order valence-corrected chi connectivity index (χ2v) is 13.6. The van der Waals surface area contributed by atoms with E-state index in [2.05, 4.69) is 26.1 Å². The van der Waals surface area contributed by atoms with Crippen LogP contribution in [0.25, 0.3) is 0 Å². The van der Waals surface area contributed by atoms with Crippen LogP contribution in [0.5, 0.6) is 11.5 Å². The maximum absolute atomic E-state index is 14.3. The number of piperidine rings is 1. The van der Waals surface area contributed by atoms with Crippen LogP contribution in [0.2, 0.25) is 0 Å². The van der Waals surface area contributed by atoms with Crippen molar-refractivity contribution >= 4 is 5.91 Å². The lowest BCUT2D eigenvalue weighted by atomic mass is 9.48. The number of benzene rings is 2. The van der Waals surface area contributed by atoms with Crippen LogP contribution >= 0.6 is 0 Å². The number of rotatable bonds is 4. The second-order valence-electron chi connectivity index (χ2n) is 13.6. The Bertz CT molecular complexity index is 1310. The van der Waals surface area contributed by atoms with Crippen molar-refractivity contribution in [2.24, 2.45) is 5.92 Å². The summed E-state index contributed by atoms with van der Waals surface area (Å²) in [7, 11) is 0. The van der Waals surface area contributed by atoms with E-state index in [1.54, 1.807) is 6.07 Å². The number of aliphatic hydroxyl groups is 1. The van der Waals surface area contributed by atoms with Crippen LogP contribution in [-0.2, 0) is 17.3 Å². The van der Waals surface area contributed by atoms with Crippen LogP contribution < -0.4 is 10.1 Å². The van der Waals surface area contributed by atoms with Crippen LogP contribution in [0, 0.1) is 11.1 Å². The fourth-order valence-electron chi connectivity index (χ4n) is 8.28. The molecule has 2 aliphatic heterocycles. The molecular formula is C31H38N2O5. The number of phenols is 1. The molecule has 1 amide bonds. The highest BCUT2D eigenvalue weighted by molar-refractivity contribution is 5.94. The van der Waals surface area contributed by atoms with E-state index >= 15 is 0 Å². The van der Waals surface area contributed by atoms with E-state index in [0.717, 1.165) is 29.5 Å². The molecule has 1 spiro atoms. The Hall–Kier alpha value is -2.61. The van der Waals surface area contributed by atoms with E-state index in [0.29, 0.717) is 56.0 Å². The number of nitrogens with one attached hydrogen (secondary N) is 1. The third-order valence-corrected chi connectivity index (χ3v) is 10.4. The zero-order chi connectivity index (χ0) is 26.7. The molecule has 38 heavy (non-hydrogen) atoms. The van der Waals surface area contributed by atoms with Crippen molar-refractivity contribution in [3.63, 3.8) is 0 Å². The van der Waals surface area contributed by atoms with Gasteiger partial charge >= 0.3 is 0 Å². The maximum Gasteiger partial charge on any atom is 0.251 e. The van der Waals surface area contributed by atoms with Gasteiger partial charge in [-0.1, -0.05) is 39.0 Å². The number of hydrogen-bond donors (Lipinski definition) is 3. The fraction of sp³-hybridized carbons (Fsp3) is 0.581. The van der Waals surface area contributed by atoms with Crippen molar-refractivity contribution in [1.82, 2.24) is 5.32 Å². The summed E-state index contributed by atoms with van der Waals surface area (Å²) in [6.07, 6.45) is 3.57. The molecule has 3 aliphatic carbocycles. The quantitative estimate of drug-likeness (QED) is 0.419. The Labute approximate surface area is 224 Å². The minimum Gasteiger partial charge on any atom is -0.632 e. The van der Waals surface area contributed by atoms with E-state index in [4.69, 9.17) is 4.74 Å². The zero-order valence-corrected chi connectivity index (χ0v) is 22.5. The first-order valence-corrected chi connectivity index (χ1v) is 14.2. The van der Waals surface area contributed by atoms with Gasteiger partial charge in [0.25, 0.3) is 5.91 Å². The minimum atomic E-state index is -1.24. The van der Waals surface area contributed by atoms with Crippen molar-refractivity contribution in [3.8, 4) is 11.5 Å². The summed E-state index contributed by atoms with van der Waals surface area (Å²) in [5, 5.41) is 40.9. The Morgan fingerprint density at radius 2 is 1.87 bits per heavy atom. The van der Waals surface area contributed by atoms with Crippen molar-refractivity contribution < 1.29 is 24.4 Å². The van der Waals surface area contributed by atoms with Crippen LogP contribution in [0.4, 0.5) is 0 Å². The second kappa shape index (κ2) is 7.74. The van der Waals surface area contributed by atoms with Gasteiger partial charge < -0.3 is 30.1 Å². The molecule has 3 N–H and O–H groups in total. The molecule has 2 saturated carbocycles. The average molecular weight is 519 g/mol. The van der Waals surface area contributed by atoms with E-state index in [1.807, 2.05) is 30.3 Å². The molecule has 3 fully saturated rings. The van der Waals surface area contributed by atoms with E-state index in [1.165, 1.54) is 0 Å². The minimum absolute atomic E-state index is 0.00152. The zero-order valence-electron chi connectivity index (χ0n) is 22.5. The average Bonchev–Trinajstić information content (AvgIpc) is 3.60. The standard InChI is InChI=1S/C31H38N2O5/c1-29(2,3)21-9-6-19(7-10-21)28(35)32-22-12-13-31(36)24-16-20-8-11-23(34)26-25(20)30(31,27(22)38-26)14-15-33(24,37)17-18-4-5-18/h6-11,18,22,24,27,34,36H,4-5,12-17H2,1-3H3,(H,32,35)/t22-,24-,27+,30+,31-,33?/m1/s1. The first-order valence-electron chi connectivity index (χ1n) is 14.2. The summed E-state index contributed by atoms with van der Waals surface area (Å²) in [5.41, 5.74) is 1.55. The van der Waals surface area contributed by atoms with E-state index in [-0.39, 0.29) is 27.8 Å². The van der Waals surface area contributed by atoms with Gasteiger partial charge in [0.1, 0.15) is 17.7 Å². The first kappa shape index (κ1) is 24.4. The number of hydroxylamine groups is 3. The number of carbonyl (C=O) groups excluding carboxylic acids is 1. The highest BCUT2D eigenvalue weighted by Crippen LogP contribution is 2.66. The summed E-state index contributed by atoms with van der Waals surface area (Å²) in [6, 6.07) is 10.5. The summed E-state index contributed by atoms with van der Waals surface area (Å²) in [4.78, 5) is 13.4. The Kier molecular flexibility index (Phi) is 4.98. The number of nitrogens with zero attached hydrogens (tertiary/aromatic N) is 1. The van der Waals surface area contributed by atoms with Gasteiger partial charge in [0, 0.05) is 29.9 Å². The molecule has 1 unspecified atom stereocenters. The molecule has 0 radical (unpaired) electrons. The van der Waals surface area contributed by atoms with Crippen molar-refractivity contribution in [1.29, 1.82) is 0 Å². The molecule has 2 aromatic rings. The topological polar surface area (TPSA) is 102 Å². The molecule has 202 valence electrons. The molecule has 2 bridgehead atoms. The lowest BCUT2D eigenvalue weighted by Gasteiger charge is -2.68. The number of aromatic hydroxyl groups is 1. The molecule has 7 nitrogen and oxygen atoms in total. The largest absolute Gasteiger partial charge is 0.632 e. The van der Waals surface area contributed by atoms with Crippen molar-refractivity contribution in [2.45, 2.75) is 93.9 Å². The number of likely N-dealkylation sites (tertiary alicyclic amines) is 1. The number of quaternary nitrogens is 1. The molecule has 6 atom stereocenters. The number of carbonyl (C=O) groups is 1. The molecule has 5 aliphatic rings. The Morgan fingerprint density at radius 3 is 2.55 bits per heavy atom. The fourth-order valence-corrected chi connectivity index (χ4v) is 8.28. The van der Waals surface area contributed by atoms with Crippen molar-refractivity contribution in [2.75, 3.05) is 13.1 Å². The van der Waals surface area contributed by atoms with Gasteiger partial charge in [-0.05, 0) is 60.4 Å².